The third-order valence-corrected chi connectivity index (χ3v) is 4.80. The Morgan fingerprint density at radius 2 is 2.04 bits per heavy atom. The standard InChI is InChI=1S/C19H13BrN2OS/c1-23-17-4-2-3-13(10-17)9-15(11-21)19-22-18(12-24-19)14-5-7-16(20)8-6-14/h2-10,12H,1H3. The molecule has 3 aromatic rings. The summed E-state index contributed by atoms with van der Waals surface area (Å²) in [4.78, 5) is 4.60. The number of hydrogen-bond donors (Lipinski definition) is 0. The lowest BCUT2D eigenvalue weighted by molar-refractivity contribution is 0.414. The monoisotopic (exact) mass is 396 g/mol. The second-order valence-corrected chi connectivity index (χ2v) is 6.77. The molecule has 2 aromatic carbocycles. The molecule has 0 spiro atoms. The Hall–Kier alpha value is -2.42. The van der Waals surface area contributed by atoms with E-state index in [1.165, 1.54) is 11.3 Å². The minimum atomic E-state index is 0.539. The van der Waals surface area contributed by atoms with Crippen molar-refractivity contribution in [3.8, 4) is 23.1 Å². The molecular weight excluding hydrogens is 384 g/mol. The molecular formula is C19H13BrN2OS. The second-order valence-electron chi connectivity index (χ2n) is 4.99. The number of ether oxygens (including phenoxy) is 1. The Labute approximate surface area is 153 Å². The van der Waals surface area contributed by atoms with Gasteiger partial charge < -0.3 is 4.74 Å². The molecule has 0 fully saturated rings. The minimum absolute atomic E-state index is 0.539. The number of hydrogen-bond acceptors (Lipinski definition) is 4. The van der Waals surface area contributed by atoms with Gasteiger partial charge in [0.2, 0.25) is 0 Å². The maximum absolute atomic E-state index is 9.49. The number of aromatic nitrogens is 1. The SMILES string of the molecule is COc1cccc(C=C(C#N)c2nc(-c3ccc(Br)cc3)cs2)c1. The third-order valence-electron chi connectivity index (χ3n) is 3.40. The van der Waals surface area contributed by atoms with E-state index >= 15 is 0 Å². The summed E-state index contributed by atoms with van der Waals surface area (Å²) >= 11 is 4.89. The summed E-state index contributed by atoms with van der Waals surface area (Å²) in [5, 5.41) is 12.2. The second kappa shape index (κ2) is 7.43. The van der Waals surface area contributed by atoms with Crippen molar-refractivity contribution >= 4 is 38.9 Å². The molecule has 3 rings (SSSR count). The Morgan fingerprint density at radius 1 is 1.25 bits per heavy atom. The summed E-state index contributed by atoms with van der Waals surface area (Å²) in [7, 11) is 1.62. The summed E-state index contributed by atoms with van der Waals surface area (Å²) in [6.07, 6.45) is 1.83. The van der Waals surface area contributed by atoms with E-state index in [4.69, 9.17) is 4.74 Å². The van der Waals surface area contributed by atoms with E-state index in [0.717, 1.165) is 27.0 Å². The van der Waals surface area contributed by atoms with Crippen molar-refractivity contribution < 1.29 is 4.74 Å². The third kappa shape index (κ3) is 3.73. The highest BCUT2D eigenvalue weighted by atomic mass is 79.9. The van der Waals surface area contributed by atoms with Gasteiger partial charge in [-0.25, -0.2) is 4.98 Å². The number of methoxy groups -OCH3 is 1. The zero-order valence-electron chi connectivity index (χ0n) is 12.9. The van der Waals surface area contributed by atoms with Gasteiger partial charge in [0, 0.05) is 15.4 Å². The van der Waals surface area contributed by atoms with Gasteiger partial charge in [0.1, 0.15) is 16.8 Å². The molecule has 0 N–H and O–H groups in total. The Morgan fingerprint density at radius 3 is 2.75 bits per heavy atom. The maximum Gasteiger partial charge on any atom is 0.134 e. The van der Waals surface area contributed by atoms with Crippen molar-refractivity contribution in [2.45, 2.75) is 0 Å². The number of allylic oxidation sites excluding steroid dienone is 1. The van der Waals surface area contributed by atoms with Gasteiger partial charge in [-0.2, -0.15) is 5.26 Å². The lowest BCUT2D eigenvalue weighted by atomic mass is 10.1. The van der Waals surface area contributed by atoms with E-state index in [-0.39, 0.29) is 0 Å². The first kappa shape index (κ1) is 16.4. The van der Waals surface area contributed by atoms with E-state index in [1.807, 2.05) is 60.0 Å². The molecule has 0 amide bonds. The predicted octanol–water partition coefficient (Wildman–Crippen LogP) is 5.65. The van der Waals surface area contributed by atoms with Gasteiger partial charge in [0.25, 0.3) is 0 Å². The molecule has 1 aromatic heterocycles. The molecule has 0 unspecified atom stereocenters. The lowest BCUT2D eigenvalue weighted by Crippen LogP contribution is -1.85. The summed E-state index contributed by atoms with van der Waals surface area (Å²) < 4.78 is 6.24. The molecule has 0 saturated heterocycles. The van der Waals surface area contributed by atoms with E-state index in [1.54, 1.807) is 7.11 Å². The van der Waals surface area contributed by atoms with Gasteiger partial charge in [-0.05, 0) is 35.9 Å². The van der Waals surface area contributed by atoms with Crippen LogP contribution in [0.15, 0.2) is 58.4 Å². The normalized spacial score (nSPS) is 11.1. The first-order chi connectivity index (χ1) is 11.7. The molecule has 0 aliphatic heterocycles. The van der Waals surface area contributed by atoms with Gasteiger partial charge >= 0.3 is 0 Å². The van der Waals surface area contributed by atoms with Crippen molar-refractivity contribution in [2.24, 2.45) is 0 Å². The smallest absolute Gasteiger partial charge is 0.134 e. The molecule has 0 saturated carbocycles. The minimum Gasteiger partial charge on any atom is -0.497 e. The Balaban J connectivity index is 1.93. The number of thiazole rings is 1. The van der Waals surface area contributed by atoms with Crippen LogP contribution >= 0.6 is 27.3 Å². The number of benzene rings is 2. The average molecular weight is 397 g/mol. The van der Waals surface area contributed by atoms with E-state index < -0.39 is 0 Å². The van der Waals surface area contributed by atoms with Crippen LogP contribution in [0.3, 0.4) is 0 Å². The fourth-order valence-corrected chi connectivity index (χ4v) is 3.25. The Bertz CT molecular complexity index is 923. The molecule has 118 valence electrons. The molecule has 0 bridgehead atoms. The quantitative estimate of drug-likeness (QED) is 0.535. The van der Waals surface area contributed by atoms with Gasteiger partial charge in [0.15, 0.2) is 0 Å². The molecule has 5 heteroatoms. The summed E-state index contributed by atoms with van der Waals surface area (Å²) in [5.74, 6) is 0.760. The van der Waals surface area contributed by atoms with Crippen LogP contribution in [0.1, 0.15) is 10.6 Å². The van der Waals surface area contributed by atoms with Crippen molar-refractivity contribution in [1.82, 2.24) is 4.98 Å². The highest BCUT2D eigenvalue weighted by molar-refractivity contribution is 9.10. The number of rotatable bonds is 4. The fourth-order valence-electron chi connectivity index (χ4n) is 2.19. The summed E-state index contributed by atoms with van der Waals surface area (Å²) in [6, 6.07) is 17.8. The largest absolute Gasteiger partial charge is 0.497 e. The topological polar surface area (TPSA) is 45.9 Å². The van der Waals surface area contributed by atoms with Crippen molar-refractivity contribution in [3.63, 3.8) is 0 Å². The predicted molar refractivity (Wildman–Crippen MR) is 102 cm³/mol. The van der Waals surface area contributed by atoms with Crippen molar-refractivity contribution in [3.05, 3.63) is 69.0 Å². The van der Waals surface area contributed by atoms with Gasteiger partial charge in [-0.15, -0.1) is 11.3 Å². The van der Waals surface area contributed by atoms with Crippen LogP contribution in [0.2, 0.25) is 0 Å². The van der Waals surface area contributed by atoms with Crippen LogP contribution in [0, 0.1) is 11.3 Å². The van der Waals surface area contributed by atoms with Crippen LogP contribution in [0.25, 0.3) is 22.9 Å². The van der Waals surface area contributed by atoms with Crippen LogP contribution in [-0.4, -0.2) is 12.1 Å². The lowest BCUT2D eigenvalue weighted by Gasteiger charge is -2.01. The number of nitrogens with zero attached hydrogens (tertiary/aromatic N) is 2. The molecule has 24 heavy (non-hydrogen) atoms. The molecule has 0 atom stereocenters. The fraction of sp³-hybridized carbons (Fsp3) is 0.0526. The molecule has 0 aliphatic carbocycles. The number of nitriles is 1. The first-order valence-corrected chi connectivity index (χ1v) is 8.84. The highest BCUT2D eigenvalue weighted by Crippen LogP contribution is 2.28. The van der Waals surface area contributed by atoms with Crippen LogP contribution < -0.4 is 4.74 Å². The zero-order chi connectivity index (χ0) is 16.9. The van der Waals surface area contributed by atoms with Crippen LogP contribution in [-0.2, 0) is 0 Å². The van der Waals surface area contributed by atoms with Crippen LogP contribution in [0.4, 0.5) is 0 Å². The summed E-state index contributed by atoms with van der Waals surface area (Å²) in [5.41, 5.74) is 3.34. The first-order valence-electron chi connectivity index (χ1n) is 7.17. The van der Waals surface area contributed by atoms with Gasteiger partial charge in [-0.3, -0.25) is 0 Å². The average Bonchev–Trinajstić information content (AvgIpc) is 3.10. The molecule has 3 nitrogen and oxygen atoms in total. The van der Waals surface area contributed by atoms with E-state index in [2.05, 4.69) is 27.0 Å². The Kier molecular flexibility index (Phi) is 5.09. The van der Waals surface area contributed by atoms with E-state index in [9.17, 15) is 5.26 Å². The van der Waals surface area contributed by atoms with Crippen molar-refractivity contribution in [2.75, 3.05) is 7.11 Å². The molecule has 1 heterocycles. The number of halogens is 1. The van der Waals surface area contributed by atoms with Gasteiger partial charge in [0.05, 0.1) is 18.4 Å². The maximum atomic E-state index is 9.49. The summed E-state index contributed by atoms with van der Waals surface area (Å²) in [6.45, 7) is 0. The van der Waals surface area contributed by atoms with E-state index in [0.29, 0.717) is 10.6 Å². The van der Waals surface area contributed by atoms with Crippen molar-refractivity contribution in [1.29, 1.82) is 5.26 Å². The van der Waals surface area contributed by atoms with Gasteiger partial charge in [-0.1, -0.05) is 40.2 Å². The highest BCUT2D eigenvalue weighted by Gasteiger charge is 2.09. The zero-order valence-corrected chi connectivity index (χ0v) is 15.3. The van der Waals surface area contributed by atoms with Crippen LogP contribution in [0.5, 0.6) is 5.75 Å². The molecule has 0 radical (unpaired) electrons. The molecule has 0 aliphatic rings.